The van der Waals surface area contributed by atoms with Crippen molar-refractivity contribution in [3.05, 3.63) is 79.8 Å². The predicted octanol–water partition coefficient (Wildman–Crippen LogP) is 2.62. The number of halogens is 2. The largest absolute Gasteiger partial charge is 0.341 e. The number of nitrogens with zero attached hydrogens (tertiary/aromatic N) is 2. The highest BCUT2D eigenvalue weighted by atomic mass is 35.5. The summed E-state index contributed by atoms with van der Waals surface area (Å²) < 4.78 is 1.58. The van der Waals surface area contributed by atoms with Crippen LogP contribution in [0.15, 0.2) is 47.4 Å². The number of benzene rings is 1. The van der Waals surface area contributed by atoms with Gasteiger partial charge in [-0.2, -0.15) is 0 Å². The summed E-state index contributed by atoms with van der Waals surface area (Å²) in [5.74, 6) is 0. The summed E-state index contributed by atoms with van der Waals surface area (Å²) in [4.78, 5) is 16.7. The molecule has 0 fully saturated rings. The molecule has 4 nitrogen and oxygen atoms in total. The van der Waals surface area contributed by atoms with Crippen molar-refractivity contribution in [1.29, 1.82) is 0 Å². The molecule has 1 aromatic carbocycles. The van der Waals surface area contributed by atoms with Gasteiger partial charge in [-0.05, 0) is 36.2 Å². The van der Waals surface area contributed by atoms with Crippen LogP contribution in [-0.2, 0) is 13.0 Å². The number of pyridine rings is 1. The first-order valence-corrected chi connectivity index (χ1v) is 8.53. The van der Waals surface area contributed by atoms with Crippen LogP contribution in [0.3, 0.4) is 0 Å². The lowest BCUT2D eigenvalue weighted by Crippen LogP contribution is -2.83. The van der Waals surface area contributed by atoms with E-state index >= 15 is 0 Å². The van der Waals surface area contributed by atoms with Crippen LogP contribution < -0.4 is 10.9 Å². The maximum Gasteiger partial charge on any atom is 0.258 e. The van der Waals surface area contributed by atoms with E-state index in [-0.39, 0.29) is 5.56 Å². The van der Waals surface area contributed by atoms with Gasteiger partial charge in [0.05, 0.1) is 6.54 Å². The molecule has 0 saturated carbocycles. The molecule has 24 heavy (non-hydrogen) atoms. The molecule has 0 spiro atoms. The van der Waals surface area contributed by atoms with Gasteiger partial charge in [-0.3, -0.25) is 9.20 Å². The molecule has 2 N–H and O–H groups in total. The molecular weight excluding hydrogens is 345 g/mol. The van der Waals surface area contributed by atoms with Crippen LogP contribution in [0.1, 0.15) is 16.8 Å². The fraction of sp³-hybridized carbons (Fsp3) is 0.222. The summed E-state index contributed by atoms with van der Waals surface area (Å²) in [5.41, 5.74) is 3.51. The highest BCUT2D eigenvalue weighted by Gasteiger charge is 2.06. The van der Waals surface area contributed by atoms with Crippen LogP contribution in [0, 0.1) is 6.92 Å². The van der Waals surface area contributed by atoms with Gasteiger partial charge in [0.25, 0.3) is 5.56 Å². The average molecular weight is 363 g/mol. The van der Waals surface area contributed by atoms with Gasteiger partial charge in [0, 0.05) is 28.7 Å². The zero-order chi connectivity index (χ0) is 17.1. The van der Waals surface area contributed by atoms with Crippen LogP contribution in [0.4, 0.5) is 0 Å². The van der Waals surface area contributed by atoms with Crippen LogP contribution in [0.25, 0.3) is 5.65 Å². The molecule has 2 aromatic heterocycles. The van der Waals surface area contributed by atoms with E-state index in [4.69, 9.17) is 23.2 Å². The Kier molecular flexibility index (Phi) is 5.19. The van der Waals surface area contributed by atoms with E-state index in [1.165, 1.54) is 0 Å². The van der Waals surface area contributed by atoms with E-state index < -0.39 is 0 Å². The predicted molar refractivity (Wildman–Crippen MR) is 96.9 cm³/mol. The smallest absolute Gasteiger partial charge is 0.258 e. The first-order chi connectivity index (χ1) is 11.5. The van der Waals surface area contributed by atoms with Gasteiger partial charge in [0.1, 0.15) is 17.9 Å². The maximum absolute atomic E-state index is 12.2. The third-order valence-corrected chi connectivity index (χ3v) is 4.43. The van der Waals surface area contributed by atoms with Crippen molar-refractivity contribution in [2.75, 3.05) is 6.54 Å². The summed E-state index contributed by atoms with van der Waals surface area (Å²) in [6.07, 6.45) is 2.64. The number of aryl methyl sites for hydroxylation is 1. The Morgan fingerprint density at radius 3 is 2.79 bits per heavy atom. The highest BCUT2D eigenvalue weighted by molar-refractivity contribution is 6.35. The third kappa shape index (κ3) is 3.96. The molecule has 0 bridgehead atoms. The lowest BCUT2D eigenvalue weighted by Gasteiger charge is -2.06. The topological polar surface area (TPSA) is 51.0 Å². The summed E-state index contributed by atoms with van der Waals surface area (Å²) >= 11 is 12.1. The molecule has 0 saturated heterocycles. The fourth-order valence-corrected chi connectivity index (χ4v) is 3.10. The van der Waals surface area contributed by atoms with E-state index in [1.807, 2.05) is 31.2 Å². The van der Waals surface area contributed by atoms with Gasteiger partial charge in [-0.15, -0.1) is 0 Å². The van der Waals surface area contributed by atoms with Crippen LogP contribution in [0.2, 0.25) is 10.0 Å². The van der Waals surface area contributed by atoms with Gasteiger partial charge in [-0.1, -0.05) is 35.3 Å². The molecule has 0 aliphatic carbocycles. The summed E-state index contributed by atoms with van der Waals surface area (Å²) in [7, 11) is 0. The van der Waals surface area contributed by atoms with E-state index in [0.29, 0.717) is 22.2 Å². The van der Waals surface area contributed by atoms with Crippen molar-refractivity contribution in [2.45, 2.75) is 19.9 Å². The van der Waals surface area contributed by atoms with Gasteiger partial charge >= 0.3 is 0 Å². The Bertz CT molecular complexity index is 937. The van der Waals surface area contributed by atoms with Crippen LogP contribution in [-0.4, -0.2) is 15.9 Å². The van der Waals surface area contributed by atoms with Gasteiger partial charge in [0.2, 0.25) is 0 Å². The maximum atomic E-state index is 12.2. The number of nitrogens with two attached hydrogens (primary N) is 1. The molecule has 0 atom stereocenters. The third-order valence-electron chi connectivity index (χ3n) is 3.85. The molecule has 3 aromatic rings. The second-order valence-electron chi connectivity index (χ2n) is 5.79. The van der Waals surface area contributed by atoms with E-state index in [1.54, 1.807) is 22.7 Å². The number of rotatable bonds is 5. The fourth-order valence-electron chi connectivity index (χ4n) is 2.59. The van der Waals surface area contributed by atoms with E-state index in [2.05, 4.69) is 10.3 Å². The van der Waals surface area contributed by atoms with E-state index in [9.17, 15) is 4.79 Å². The number of quaternary nitrogens is 1. The summed E-state index contributed by atoms with van der Waals surface area (Å²) in [5, 5.41) is 3.45. The van der Waals surface area contributed by atoms with Crippen molar-refractivity contribution >= 4 is 28.8 Å². The van der Waals surface area contributed by atoms with E-state index in [0.717, 1.165) is 29.8 Å². The first kappa shape index (κ1) is 17.0. The molecule has 0 unspecified atom stereocenters. The molecule has 0 aliphatic heterocycles. The molecule has 0 amide bonds. The Morgan fingerprint density at radius 2 is 2.00 bits per heavy atom. The second kappa shape index (κ2) is 7.34. The monoisotopic (exact) mass is 362 g/mol. The Morgan fingerprint density at radius 1 is 1.17 bits per heavy atom. The Labute approximate surface area is 150 Å². The molecule has 124 valence electrons. The van der Waals surface area contributed by atoms with Crippen molar-refractivity contribution < 1.29 is 5.32 Å². The molecular formula is C18H18Cl2N3O+. The van der Waals surface area contributed by atoms with Crippen molar-refractivity contribution in [3.63, 3.8) is 0 Å². The highest BCUT2D eigenvalue weighted by Crippen LogP contribution is 2.20. The zero-order valence-corrected chi connectivity index (χ0v) is 14.8. The van der Waals surface area contributed by atoms with Crippen molar-refractivity contribution in [1.82, 2.24) is 9.38 Å². The van der Waals surface area contributed by atoms with Crippen LogP contribution in [0.5, 0.6) is 0 Å². The molecule has 3 rings (SSSR count). The number of hydrogen-bond acceptors (Lipinski definition) is 2. The normalized spacial score (nSPS) is 11.1. The Balaban J connectivity index is 1.63. The minimum atomic E-state index is -0.0483. The SMILES string of the molecule is Cc1ccc2nc(C[NH2+]CCc3ccc(Cl)cc3Cl)cc(=O)n2c1. The molecule has 6 heteroatoms. The van der Waals surface area contributed by atoms with Gasteiger partial charge in [0.15, 0.2) is 0 Å². The minimum Gasteiger partial charge on any atom is -0.341 e. The standard InChI is InChI=1S/C18H17Cl2N3O/c1-12-2-5-17-22-15(9-18(24)23(17)11-12)10-21-7-6-13-3-4-14(19)8-16(13)20/h2-5,8-9,11,21H,6-7,10H2,1H3/p+1. The number of hydrogen-bond donors (Lipinski definition) is 1. The van der Waals surface area contributed by atoms with Crippen molar-refractivity contribution in [2.24, 2.45) is 0 Å². The van der Waals surface area contributed by atoms with Gasteiger partial charge < -0.3 is 5.32 Å². The minimum absolute atomic E-state index is 0.0483. The summed E-state index contributed by atoms with van der Waals surface area (Å²) in [6.45, 7) is 3.47. The van der Waals surface area contributed by atoms with Crippen LogP contribution >= 0.6 is 23.2 Å². The number of fused-ring (bicyclic) bond motifs is 1. The molecule has 2 heterocycles. The lowest BCUT2D eigenvalue weighted by atomic mass is 10.1. The zero-order valence-electron chi connectivity index (χ0n) is 13.3. The molecule has 0 aliphatic rings. The lowest BCUT2D eigenvalue weighted by molar-refractivity contribution is -0.670. The van der Waals surface area contributed by atoms with Crippen molar-refractivity contribution in [3.8, 4) is 0 Å². The molecule has 0 radical (unpaired) electrons. The Hall–Kier alpha value is -1.88. The first-order valence-electron chi connectivity index (χ1n) is 7.77. The summed E-state index contributed by atoms with van der Waals surface area (Å²) in [6, 6.07) is 11.0. The van der Waals surface area contributed by atoms with Gasteiger partial charge in [-0.25, -0.2) is 4.98 Å². The number of aromatic nitrogens is 2. The average Bonchev–Trinajstić information content (AvgIpc) is 2.54. The second-order valence-corrected chi connectivity index (χ2v) is 6.63. The quantitative estimate of drug-likeness (QED) is 0.709.